The van der Waals surface area contributed by atoms with Crippen LogP contribution < -0.4 is 4.74 Å². The van der Waals surface area contributed by atoms with E-state index in [1.165, 1.54) is 7.14 Å². The average Bonchev–Trinajstić information content (AvgIpc) is 2.67. The number of halogens is 3. The van der Waals surface area contributed by atoms with Crippen LogP contribution in [0.4, 0.5) is 0 Å². The van der Waals surface area contributed by atoms with E-state index in [4.69, 9.17) is 9.47 Å². The van der Waals surface area contributed by atoms with Crippen LogP contribution in [0.3, 0.4) is 0 Å². The quantitative estimate of drug-likeness (QED) is 0.270. The van der Waals surface area contributed by atoms with Crippen molar-refractivity contribution in [1.82, 2.24) is 0 Å². The lowest BCUT2D eigenvalue weighted by Gasteiger charge is -2.13. The Morgan fingerprint density at radius 1 is 1.17 bits per heavy atom. The maximum absolute atomic E-state index is 11.3. The van der Waals surface area contributed by atoms with Crippen LogP contribution >= 0.6 is 67.8 Å². The van der Waals surface area contributed by atoms with Gasteiger partial charge in [0.05, 0.1) is 3.57 Å². The number of ether oxygens (including phenoxy) is 2. The van der Waals surface area contributed by atoms with E-state index in [-0.39, 0.29) is 0 Å². The fraction of sp³-hybridized carbons (Fsp3) is 0.261. The second kappa shape index (κ2) is 12.9. The van der Waals surface area contributed by atoms with Crippen molar-refractivity contribution >= 4 is 73.7 Å². The SMILES string of the molecule is CCOC(Cc1ccc(OC/C=C(/C)C#Cc2cc(I)cc(I)c2)c(I)c1)C(=O)O. The molecule has 0 saturated heterocycles. The minimum absolute atomic E-state index is 0.325. The predicted octanol–water partition coefficient (Wildman–Crippen LogP) is 5.91. The van der Waals surface area contributed by atoms with Gasteiger partial charge >= 0.3 is 5.97 Å². The van der Waals surface area contributed by atoms with Crippen molar-refractivity contribution in [2.75, 3.05) is 13.2 Å². The first-order valence-corrected chi connectivity index (χ1v) is 12.4. The highest BCUT2D eigenvalue weighted by Crippen LogP contribution is 2.23. The lowest BCUT2D eigenvalue weighted by atomic mass is 10.1. The van der Waals surface area contributed by atoms with Crippen molar-refractivity contribution in [3.05, 3.63) is 69.9 Å². The Morgan fingerprint density at radius 3 is 2.47 bits per heavy atom. The Balaban J connectivity index is 1.97. The summed E-state index contributed by atoms with van der Waals surface area (Å²) in [5.74, 6) is 6.15. The molecule has 1 N–H and O–H groups in total. The highest BCUT2D eigenvalue weighted by atomic mass is 127. The van der Waals surface area contributed by atoms with E-state index in [2.05, 4.69) is 97.8 Å². The maximum atomic E-state index is 11.3. The van der Waals surface area contributed by atoms with Crippen molar-refractivity contribution < 1.29 is 19.4 Å². The zero-order valence-electron chi connectivity index (χ0n) is 16.5. The van der Waals surface area contributed by atoms with Crippen molar-refractivity contribution in [2.24, 2.45) is 0 Å². The molecule has 1 atom stereocenters. The number of carboxylic acids is 1. The molecule has 7 heteroatoms. The monoisotopic (exact) mass is 742 g/mol. The molecule has 0 aromatic heterocycles. The van der Waals surface area contributed by atoms with Gasteiger partial charge in [-0.15, -0.1) is 0 Å². The van der Waals surface area contributed by atoms with Gasteiger partial charge in [0.1, 0.15) is 12.4 Å². The summed E-state index contributed by atoms with van der Waals surface area (Å²) in [6.45, 7) is 4.53. The molecule has 2 aromatic carbocycles. The first-order valence-electron chi connectivity index (χ1n) is 9.19. The number of carboxylic acid groups (broad SMARTS) is 1. The van der Waals surface area contributed by atoms with Crippen LogP contribution in [0.2, 0.25) is 0 Å². The third-order valence-electron chi connectivity index (χ3n) is 3.96. The van der Waals surface area contributed by atoms with Crippen LogP contribution in [-0.4, -0.2) is 30.4 Å². The van der Waals surface area contributed by atoms with Crippen molar-refractivity contribution in [3.8, 4) is 17.6 Å². The van der Waals surface area contributed by atoms with E-state index in [1.807, 2.05) is 31.2 Å². The van der Waals surface area contributed by atoms with Gasteiger partial charge in [-0.1, -0.05) is 17.9 Å². The molecule has 0 heterocycles. The van der Waals surface area contributed by atoms with Gasteiger partial charge < -0.3 is 14.6 Å². The molecule has 0 saturated carbocycles. The van der Waals surface area contributed by atoms with Crippen molar-refractivity contribution in [1.29, 1.82) is 0 Å². The summed E-state index contributed by atoms with van der Waals surface area (Å²) in [5.41, 5.74) is 2.84. The summed E-state index contributed by atoms with van der Waals surface area (Å²) >= 11 is 6.78. The highest BCUT2D eigenvalue weighted by molar-refractivity contribution is 14.1. The van der Waals surface area contributed by atoms with Crippen LogP contribution in [0.25, 0.3) is 0 Å². The summed E-state index contributed by atoms with van der Waals surface area (Å²) in [6.07, 6.45) is 1.44. The van der Waals surface area contributed by atoms with Gasteiger partial charge in [-0.05, 0) is 129 Å². The summed E-state index contributed by atoms with van der Waals surface area (Å²) < 4.78 is 14.4. The summed E-state index contributed by atoms with van der Waals surface area (Å²) in [4.78, 5) is 11.3. The number of aliphatic carboxylic acids is 1. The Bertz CT molecular complexity index is 969. The molecule has 2 rings (SSSR count). The standard InChI is InChI=1S/C23H21I3O4/c1-3-29-22(23(27)28)13-17-6-7-21(20(26)12-17)30-9-8-15(2)4-5-16-10-18(24)14-19(25)11-16/h6-8,10-12,14,22H,3,9,13H2,1-2H3,(H,27,28)/b15-8-. The van der Waals surface area contributed by atoms with E-state index < -0.39 is 12.1 Å². The molecule has 0 spiro atoms. The lowest BCUT2D eigenvalue weighted by molar-refractivity contribution is -0.149. The van der Waals surface area contributed by atoms with E-state index in [0.717, 1.165) is 26.0 Å². The Hall–Kier alpha value is -0.840. The zero-order chi connectivity index (χ0) is 22.1. The van der Waals surface area contributed by atoms with Crippen LogP contribution in [0.5, 0.6) is 5.75 Å². The largest absolute Gasteiger partial charge is 0.488 e. The third-order valence-corrected chi connectivity index (χ3v) is 6.04. The molecular formula is C23H21I3O4. The molecule has 0 aliphatic rings. The van der Waals surface area contributed by atoms with Gasteiger partial charge in [-0.3, -0.25) is 0 Å². The van der Waals surface area contributed by atoms with E-state index in [1.54, 1.807) is 6.92 Å². The normalized spacial score (nSPS) is 12.1. The second-order valence-corrected chi connectivity index (χ2v) is 10.0. The van der Waals surface area contributed by atoms with Gasteiger partial charge in [-0.2, -0.15) is 0 Å². The molecule has 2 aromatic rings. The molecule has 4 nitrogen and oxygen atoms in total. The van der Waals surface area contributed by atoms with Crippen LogP contribution in [0.15, 0.2) is 48.0 Å². The molecule has 1 unspecified atom stereocenters. The number of hydrogen-bond acceptors (Lipinski definition) is 3. The minimum Gasteiger partial charge on any atom is -0.488 e. The fourth-order valence-corrected chi connectivity index (χ4v) is 5.20. The Labute approximate surface area is 218 Å². The van der Waals surface area contributed by atoms with Crippen LogP contribution in [-0.2, 0) is 16.0 Å². The van der Waals surface area contributed by atoms with Crippen molar-refractivity contribution in [2.45, 2.75) is 26.4 Å². The minimum atomic E-state index is -0.950. The molecular weight excluding hydrogens is 721 g/mol. The molecule has 0 aliphatic heterocycles. The molecule has 0 aliphatic carbocycles. The fourth-order valence-electron chi connectivity index (χ4n) is 2.53. The van der Waals surface area contributed by atoms with Gasteiger partial charge in [0.2, 0.25) is 0 Å². The number of rotatable bonds is 8. The number of carbonyl (C=O) groups is 1. The highest BCUT2D eigenvalue weighted by Gasteiger charge is 2.18. The molecule has 0 radical (unpaired) electrons. The topological polar surface area (TPSA) is 55.8 Å². The molecule has 158 valence electrons. The number of allylic oxidation sites excluding steroid dienone is 1. The molecule has 0 fully saturated rings. The van der Waals surface area contributed by atoms with E-state index in [9.17, 15) is 9.90 Å². The average molecular weight is 742 g/mol. The molecule has 30 heavy (non-hydrogen) atoms. The van der Waals surface area contributed by atoms with Crippen molar-refractivity contribution in [3.63, 3.8) is 0 Å². The van der Waals surface area contributed by atoms with Gasteiger partial charge in [0.15, 0.2) is 6.10 Å². The maximum Gasteiger partial charge on any atom is 0.333 e. The lowest BCUT2D eigenvalue weighted by Crippen LogP contribution is -2.26. The predicted molar refractivity (Wildman–Crippen MR) is 144 cm³/mol. The second-order valence-electron chi connectivity index (χ2n) is 6.36. The van der Waals surface area contributed by atoms with E-state index in [0.29, 0.717) is 19.6 Å². The number of hydrogen-bond donors (Lipinski definition) is 1. The van der Waals surface area contributed by atoms with E-state index >= 15 is 0 Å². The van der Waals surface area contributed by atoms with Gasteiger partial charge in [-0.25, -0.2) is 4.79 Å². The Morgan fingerprint density at radius 2 is 1.87 bits per heavy atom. The third kappa shape index (κ3) is 8.72. The first-order chi connectivity index (χ1) is 14.3. The van der Waals surface area contributed by atoms with Gasteiger partial charge in [0.25, 0.3) is 0 Å². The summed E-state index contributed by atoms with van der Waals surface area (Å²) in [5, 5.41) is 9.23. The zero-order valence-corrected chi connectivity index (χ0v) is 23.0. The van der Waals surface area contributed by atoms with Crippen LogP contribution in [0, 0.1) is 22.6 Å². The molecule has 0 bridgehead atoms. The first kappa shape index (κ1) is 25.4. The summed E-state index contributed by atoms with van der Waals surface area (Å²) in [6, 6.07) is 11.9. The smallest absolute Gasteiger partial charge is 0.333 e. The van der Waals surface area contributed by atoms with Gasteiger partial charge in [0, 0.05) is 25.7 Å². The summed E-state index contributed by atoms with van der Waals surface area (Å²) in [7, 11) is 0. The number of benzene rings is 2. The molecule has 0 amide bonds. The van der Waals surface area contributed by atoms with Crippen LogP contribution in [0.1, 0.15) is 25.0 Å². The Kier molecular flexibility index (Phi) is 10.9.